The number of amides is 1. The van der Waals surface area contributed by atoms with Gasteiger partial charge in [0.2, 0.25) is 5.71 Å². The molecule has 1 aliphatic carbocycles. The van der Waals surface area contributed by atoms with Gasteiger partial charge in [-0.2, -0.15) is 0 Å². The van der Waals surface area contributed by atoms with Crippen molar-refractivity contribution in [3.63, 3.8) is 0 Å². The highest BCUT2D eigenvalue weighted by molar-refractivity contribution is 6.10. The number of furan rings is 2. The first-order valence-electron chi connectivity index (χ1n) is 11.1. The molecular formula is C23H28N4O4. The zero-order valence-electron chi connectivity index (χ0n) is 17.9. The molecule has 0 unspecified atom stereocenters. The lowest BCUT2D eigenvalue weighted by Gasteiger charge is -2.34. The number of nitrogens with zero attached hydrogens (tertiary/aromatic N) is 4. The maximum absolute atomic E-state index is 14.0. The van der Waals surface area contributed by atoms with E-state index in [9.17, 15) is 4.79 Å². The number of aryl methyl sites for hydroxylation is 1. The Morgan fingerprint density at radius 3 is 2.74 bits per heavy atom. The fraction of sp³-hybridized carbons (Fsp3) is 0.522. The Morgan fingerprint density at radius 1 is 1.19 bits per heavy atom. The van der Waals surface area contributed by atoms with Gasteiger partial charge in [-0.15, -0.1) is 0 Å². The first-order chi connectivity index (χ1) is 15.2. The predicted molar refractivity (Wildman–Crippen MR) is 115 cm³/mol. The molecule has 0 radical (unpaired) electrons. The van der Waals surface area contributed by atoms with Crippen LogP contribution in [0, 0.1) is 6.92 Å². The van der Waals surface area contributed by atoms with Crippen molar-refractivity contribution < 1.29 is 18.4 Å². The third kappa shape index (κ3) is 3.92. The summed E-state index contributed by atoms with van der Waals surface area (Å²) in [6.45, 7) is 5.01. The molecule has 8 nitrogen and oxygen atoms in total. The van der Waals surface area contributed by atoms with Crippen molar-refractivity contribution in [1.29, 1.82) is 0 Å². The minimum atomic E-state index is -0.0381. The number of morpholine rings is 1. The van der Waals surface area contributed by atoms with Crippen LogP contribution in [0.3, 0.4) is 0 Å². The number of carbonyl (C=O) groups excluding carboxylic acids is 1. The van der Waals surface area contributed by atoms with Gasteiger partial charge in [0.15, 0.2) is 0 Å². The molecule has 1 amide bonds. The SMILES string of the molecule is Cc1oc2ncnc(N3CCOCC3)c2c1C(=O)N(Cc1ccco1)C1CCCCC1. The highest BCUT2D eigenvalue weighted by Crippen LogP contribution is 2.34. The van der Waals surface area contributed by atoms with Crippen LogP contribution in [-0.2, 0) is 11.3 Å². The summed E-state index contributed by atoms with van der Waals surface area (Å²) in [5.74, 6) is 2.07. The Labute approximate surface area is 181 Å². The number of hydrogen-bond acceptors (Lipinski definition) is 7. The van der Waals surface area contributed by atoms with Crippen LogP contribution >= 0.6 is 0 Å². The van der Waals surface area contributed by atoms with Gasteiger partial charge in [-0.1, -0.05) is 19.3 Å². The van der Waals surface area contributed by atoms with Crippen molar-refractivity contribution in [1.82, 2.24) is 14.9 Å². The van der Waals surface area contributed by atoms with Crippen molar-refractivity contribution in [3.8, 4) is 0 Å². The first-order valence-corrected chi connectivity index (χ1v) is 11.1. The number of ether oxygens (including phenoxy) is 1. The maximum Gasteiger partial charge on any atom is 0.258 e. The van der Waals surface area contributed by atoms with E-state index in [4.69, 9.17) is 13.6 Å². The van der Waals surface area contributed by atoms with E-state index in [1.807, 2.05) is 24.0 Å². The maximum atomic E-state index is 14.0. The number of anilines is 1. The van der Waals surface area contributed by atoms with E-state index < -0.39 is 0 Å². The van der Waals surface area contributed by atoms with Crippen LogP contribution in [0.2, 0.25) is 0 Å². The van der Waals surface area contributed by atoms with Crippen molar-refractivity contribution >= 4 is 22.8 Å². The Morgan fingerprint density at radius 2 is 2.00 bits per heavy atom. The Hall–Kier alpha value is -2.87. The van der Waals surface area contributed by atoms with Crippen LogP contribution < -0.4 is 4.90 Å². The quantitative estimate of drug-likeness (QED) is 0.613. The molecule has 0 atom stereocenters. The lowest BCUT2D eigenvalue weighted by atomic mass is 9.93. The summed E-state index contributed by atoms with van der Waals surface area (Å²) < 4.78 is 17.0. The highest BCUT2D eigenvalue weighted by Gasteiger charge is 2.33. The van der Waals surface area contributed by atoms with Crippen molar-refractivity contribution in [3.05, 3.63) is 41.8 Å². The van der Waals surface area contributed by atoms with Gasteiger partial charge in [0.1, 0.15) is 23.7 Å². The van der Waals surface area contributed by atoms with Crippen LogP contribution in [0.15, 0.2) is 33.6 Å². The molecule has 8 heteroatoms. The van der Waals surface area contributed by atoms with E-state index in [2.05, 4.69) is 14.9 Å². The number of aromatic nitrogens is 2. The molecule has 164 valence electrons. The van der Waals surface area contributed by atoms with E-state index >= 15 is 0 Å². The Kier molecular flexibility index (Phi) is 5.63. The molecule has 3 aromatic heterocycles. The van der Waals surface area contributed by atoms with E-state index in [1.54, 1.807) is 6.26 Å². The summed E-state index contributed by atoms with van der Waals surface area (Å²) in [5, 5.41) is 0.701. The average molecular weight is 425 g/mol. The fourth-order valence-corrected chi connectivity index (χ4v) is 4.77. The van der Waals surface area contributed by atoms with Crippen LogP contribution in [0.25, 0.3) is 11.1 Å². The van der Waals surface area contributed by atoms with Crippen LogP contribution in [0.1, 0.15) is 54.0 Å². The average Bonchev–Trinajstić information content (AvgIpc) is 3.45. The van der Waals surface area contributed by atoms with Crippen molar-refractivity contribution in [2.24, 2.45) is 0 Å². The van der Waals surface area contributed by atoms with Crippen molar-refractivity contribution in [2.45, 2.75) is 51.6 Å². The van der Waals surface area contributed by atoms with Gasteiger partial charge >= 0.3 is 0 Å². The van der Waals surface area contributed by atoms with Gasteiger partial charge in [0, 0.05) is 19.1 Å². The lowest BCUT2D eigenvalue weighted by molar-refractivity contribution is 0.0596. The van der Waals surface area contributed by atoms with Crippen LogP contribution in [0.5, 0.6) is 0 Å². The van der Waals surface area contributed by atoms with E-state index in [0.717, 1.165) is 50.4 Å². The van der Waals surface area contributed by atoms with Gasteiger partial charge in [-0.3, -0.25) is 4.79 Å². The number of fused-ring (bicyclic) bond motifs is 1. The van der Waals surface area contributed by atoms with Crippen molar-refractivity contribution in [2.75, 3.05) is 31.2 Å². The minimum Gasteiger partial charge on any atom is -0.467 e. The zero-order chi connectivity index (χ0) is 21.2. The molecule has 0 N–H and O–H groups in total. The summed E-state index contributed by atoms with van der Waals surface area (Å²) >= 11 is 0. The zero-order valence-corrected chi connectivity index (χ0v) is 17.9. The molecule has 2 aliphatic rings. The summed E-state index contributed by atoms with van der Waals surface area (Å²) in [6.07, 6.45) is 8.68. The van der Waals surface area contributed by atoms with E-state index in [0.29, 0.717) is 42.2 Å². The summed E-state index contributed by atoms with van der Waals surface area (Å²) in [7, 11) is 0. The summed E-state index contributed by atoms with van der Waals surface area (Å²) in [4.78, 5) is 27.0. The van der Waals surface area contributed by atoms with Gasteiger partial charge in [-0.05, 0) is 31.9 Å². The molecule has 0 bridgehead atoms. The third-order valence-electron chi connectivity index (χ3n) is 6.35. The largest absolute Gasteiger partial charge is 0.467 e. The lowest BCUT2D eigenvalue weighted by Crippen LogP contribution is -2.41. The predicted octanol–water partition coefficient (Wildman–Crippen LogP) is 3.94. The molecule has 0 aromatic carbocycles. The van der Waals surface area contributed by atoms with E-state index in [1.165, 1.54) is 12.7 Å². The second-order valence-electron chi connectivity index (χ2n) is 8.31. The standard InChI is InChI=1S/C23H28N4O4/c1-16-19(20-21(24-15-25-22(20)31-16)26-9-12-29-13-10-26)23(28)27(14-18-8-5-11-30-18)17-6-3-2-4-7-17/h5,8,11,15,17H,2-4,6-7,9-10,12-14H2,1H3. The fourth-order valence-electron chi connectivity index (χ4n) is 4.77. The second kappa shape index (κ2) is 8.70. The molecule has 4 heterocycles. The number of rotatable bonds is 5. The Bertz CT molecular complexity index is 1030. The summed E-state index contributed by atoms with van der Waals surface area (Å²) in [5.41, 5.74) is 1.02. The van der Waals surface area contributed by atoms with Gasteiger partial charge in [-0.25, -0.2) is 9.97 Å². The Balaban J connectivity index is 1.57. The van der Waals surface area contributed by atoms with Gasteiger partial charge < -0.3 is 23.4 Å². The minimum absolute atomic E-state index is 0.0381. The van der Waals surface area contributed by atoms with Gasteiger partial charge in [0.25, 0.3) is 5.91 Å². The number of hydrogen-bond donors (Lipinski definition) is 0. The van der Waals surface area contributed by atoms with E-state index in [-0.39, 0.29) is 11.9 Å². The van der Waals surface area contributed by atoms with Crippen LogP contribution in [-0.4, -0.2) is 53.1 Å². The van der Waals surface area contributed by atoms with Gasteiger partial charge in [0.05, 0.1) is 37.0 Å². The monoisotopic (exact) mass is 424 g/mol. The molecular weight excluding hydrogens is 396 g/mol. The molecule has 1 aliphatic heterocycles. The topological polar surface area (TPSA) is 84.8 Å². The smallest absolute Gasteiger partial charge is 0.258 e. The number of carbonyl (C=O) groups is 1. The third-order valence-corrected chi connectivity index (χ3v) is 6.35. The molecule has 1 saturated carbocycles. The second-order valence-corrected chi connectivity index (χ2v) is 8.31. The highest BCUT2D eigenvalue weighted by atomic mass is 16.5. The normalized spacial score (nSPS) is 17.9. The molecule has 1 saturated heterocycles. The van der Waals surface area contributed by atoms with Crippen LogP contribution in [0.4, 0.5) is 5.82 Å². The first kappa shape index (κ1) is 20.1. The molecule has 0 spiro atoms. The molecule has 5 rings (SSSR count). The molecule has 3 aromatic rings. The summed E-state index contributed by atoms with van der Waals surface area (Å²) in [6, 6.07) is 3.97. The molecule has 31 heavy (non-hydrogen) atoms. The molecule has 2 fully saturated rings.